The molecule has 150 valence electrons. The number of hydrogen-bond donors (Lipinski definition) is 0. The molecule has 0 radical (unpaired) electrons. The van der Waals surface area contributed by atoms with Gasteiger partial charge in [0.2, 0.25) is 0 Å². The van der Waals surface area contributed by atoms with Crippen LogP contribution in [-0.2, 0) is 20.7 Å². The number of aryl methyl sites for hydroxylation is 1. The highest BCUT2D eigenvalue weighted by Gasteiger charge is 2.27. The van der Waals surface area contributed by atoms with Crippen molar-refractivity contribution in [3.05, 3.63) is 65.2 Å². The summed E-state index contributed by atoms with van der Waals surface area (Å²) in [4.78, 5) is 31.1. The number of para-hydroxylation sites is 1. The summed E-state index contributed by atoms with van der Waals surface area (Å²) >= 11 is 1.71. The summed E-state index contributed by atoms with van der Waals surface area (Å²) in [6, 6.07) is 17.9. The first-order valence-corrected chi connectivity index (χ1v) is 10.8. The highest BCUT2D eigenvalue weighted by Crippen LogP contribution is 2.32. The van der Waals surface area contributed by atoms with E-state index in [1.165, 1.54) is 4.70 Å². The molecular weight excluding hydrogens is 384 g/mol. The average Bonchev–Trinajstić information content (AvgIpc) is 3.21. The van der Waals surface area contributed by atoms with Gasteiger partial charge in [-0.15, -0.1) is 11.3 Å². The third kappa shape index (κ3) is 5.01. The van der Waals surface area contributed by atoms with Crippen LogP contribution in [0.1, 0.15) is 35.8 Å². The van der Waals surface area contributed by atoms with E-state index in [-0.39, 0.29) is 30.8 Å². The fourth-order valence-corrected chi connectivity index (χ4v) is 4.76. The first-order valence-electron chi connectivity index (χ1n) is 10.0. The lowest BCUT2D eigenvalue weighted by molar-refractivity contribution is -0.152. The predicted molar refractivity (Wildman–Crippen MR) is 114 cm³/mol. The number of piperidine rings is 1. The van der Waals surface area contributed by atoms with E-state index in [1.54, 1.807) is 11.3 Å². The number of thiazole rings is 1. The summed E-state index contributed by atoms with van der Waals surface area (Å²) in [6.45, 7) is 1.17. The number of hydrogen-bond acceptors (Lipinski definition) is 5. The Morgan fingerprint density at radius 3 is 2.72 bits per heavy atom. The zero-order chi connectivity index (χ0) is 20.1. The molecule has 0 N–H and O–H groups in total. The molecule has 1 saturated heterocycles. The largest absolute Gasteiger partial charge is 0.456 e. The van der Waals surface area contributed by atoms with Gasteiger partial charge in [0.05, 0.1) is 15.2 Å². The third-order valence-electron chi connectivity index (χ3n) is 5.25. The van der Waals surface area contributed by atoms with E-state index in [0.717, 1.165) is 28.9 Å². The molecule has 1 amide bonds. The van der Waals surface area contributed by atoms with Crippen LogP contribution in [0.4, 0.5) is 0 Å². The van der Waals surface area contributed by atoms with E-state index in [9.17, 15) is 9.59 Å². The van der Waals surface area contributed by atoms with E-state index in [1.807, 2.05) is 53.4 Å². The standard InChI is InChI=1S/C23H24N2O3S/c26-21(16-28-22(27)13-12-17-7-2-1-3-8-17)25-14-6-9-18(15-25)23-24-19-10-4-5-11-20(19)29-23/h1-5,7-8,10-11,18H,6,9,12-16H2/t18-/m1/s1. The Bertz CT molecular complexity index is 953. The van der Waals surface area contributed by atoms with E-state index < -0.39 is 0 Å². The van der Waals surface area contributed by atoms with E-state index in [2.05, 4.69) is 6.07 Å². The molecule has 1 aliphatic heterocycles. The Labute approximate surface area is 174 Å². The molecule has 4 rings (SSSR count). The summed E-state index contributed by atoms with van der Waals surface area (Å²) in [5.41, 5.74) is 2.11. The van der Waals surface area contributed by atoms with Gasteiger partial charge in [0.1, 0.15) is 0 Å². The zero-order valence-electron chi connectivity index (χ0n) is 16.3. The highest BCUT2D eigenvalue weighted by atomic mass is 32.1. The van der Waals surface area contributed by atoms with Gasteiger partial charge in [-0.2, -0.15) is 0 Å². The second-order valence-corrected chi connectivity index (χ2v) is 8.41. The molecule has 1 atom stereocenters. The fourth-order valence-electron chi connectivity index (χ4n) is 3.67. The van der Waals surface area contributed by atoms with Gasteiger partial charge in [-0.1, -0.05) is 42.5 Å². The number of benzene rings is 2. The lowest BCUT2D eigenvalue weighted by Gasteiger charge is -2.31. The number of esters is 1. The number of carbonyl (C=O) groups excluding carboxylic acids is 2. The lowest BCUT2D eigenvalue weighted by Crippen LogP contribution is -2.41. The van der Waals surface area contributed by atoms with Crippen LogP contribution in [0.15, 0.2) is 54.6 Å². The van der Waals surface area contributed by atoms with Crippen LogP contribution >= 0.6 is 11.3 Å². The van der Waals surface area contributed by atoms with Crippen molar-refractivity contribution in [2.24, 2.45) is 0 Å². The quantitative estimate of drug-likeness (QED) is 0.574. The van der Waals surface area contributed by atoms with Gasteiger partial charge in [0.15, 0.2) is 6.61 Å². The van der Waals surface area contributed by atoms with Crippen molar-refractivity contribution in [3.8, 4) is 0 Å². The van der Waals surface area contributed by atoms with Crippen LogP contribution in [-0.4, -0.2) is 41.5 Å². The van der Waals surface area contributed by atoms with Crippen molar-refractivity contribution in [1.82, 2.24) is 9.88 Å². The van der Waals surface area contributed by atoms with Gasteiger partial charge in [-0.05, 0) is 37.0 Å². The minimum absolute atomic E-state index is 0.121. The second-order valence-electron chi connectivity index (χ2n) is 7.35. The number of nitrogens with zero attached hydrogens (tertiary/aromatic N) is 2. The number of likely N-dealkylation sites (tertiary alicyclic amines) is 1. The van der Waals surface area contributed by atoms with Crippen LogP contribution in [0.2, 0.25) is 0 Å². The van der Waals surface area contributed by atoms with Crippen molar-refractivity contribution in [2.45, 2.75) is 31.6 Å². The van der Waals surface area contributed by atoms with Crippen molar-refractivity contribution >= 4 is 33.4 Å². The highest BCUT2D eigenvalue weighted by molar-refractivity contribution is 7.18. The summed E-state index contributed by atoms with van der Waals surface area (Å²) in [6.07, 6.45) is 2.87. The predicted octanol–water partition coefficient (Wildman–Crippen LogP) is 4.18. The van der Waals surface area contributed by atoms with Gasteiger partial charge >= 0.3 is 5.97 Å². The fraction of sp³-hybridized carbons (Fsp3) is 0.348. The lowest BCUT2D eigenvalue weighted by atomic mass is 9.99. The third-order valence-corrected chi connectivity index (χ3v) is 6.45. The monoisotopic (exact) mass is 408 g/mol. The van der Waals surface area contributed by atoms with E-state index >= 15 is 0 Å². The number of rotatable bonds is 6. The SMILES string of the molecule is O=C(CCc1ccccc1)OCC(=O)N1CCC[C@@H](c2nc3ccccc3s2)C1. The summed E-state index contributed by atoms with van der Waals surface area (Å²) in [5, 5.41) is 1.09. The summed E-state index contributed by atoms with van der Waals surface area (Å²) in [5.74, 6) is -0.204. The second kappa shape index (κ2) is 9.18. The Morgan fingerprint density at radius 1 is 1.10 bits per heavy atom. The molecule has 1 aromatic heterocycles. The molecule has 2 aromatic carbocycles. The van der Waals surface area contributed by atoms with Crippen molar-refractivity contribution < 1.29 is 14.3 Å². The zero-order valence-corrected chi connectivity index (χ0v) is 17.1. The molecule has 6 heteroatoms. The Morgan fingerprint density at radius 2 is 1.90 bits per heavy atom. The molecule has 0 saturated carbocycles. The Hall–Kier alpha value is -2.73. The molecule has 1 fully saturated rings. The van der Waals surface area contributed by atoms with Gasteiger partial charge < -0.3 is 9.64 Å². The molecule has 1 aliphatic rings. The van der Waals surface area contributed by atoms with Crippen LogP contribution < -0.4 is 0 Å². The topological polar surface area (TPSA) is 59.5 Å². The first kappa shape index (κ1) is 19.6. The number of aromatic nitrogens is 1. The van der Waals surface area contributed by atoms with E-state index in [0.29, 0.717) is 19.5 Å². The molecule has 0 aliphatic carbocycles. The smallest absolute Gasteiger partial charge is 0.306 e. The average molecular weight is 409 g/mol. The molecule has 29 heavy (non-hydrogen) atoms. The summed E-state index contributed by atoms with van der Waals surface area (Å²) in [7, 11) is 0. The van der Waals surface area contributed by atoms with Gasteiger partial charge in [0, 0.05) is 25.4 Å². The molecule has 2 heterocycles. The van der Waals surface area contributed by atoms with Crippen LogP contribution in [0.3, 0.4) is 0 Å². The summed E-state index contributed by atoms with van der Waals surface area (Å²) < 4.78 is 6.40. The molecule has 3 aromatic rings. The maximum absolute atomic E-state index is 12.6. The molecule has 0 bridgehead atoms. The van der Waals surface area contributed by atoms with Crippen molar-refractivity contribution in [1.29, 1.82) is 0 Å². The first-order chi connectivity index (χ1) is 14.2. The molecule has 0 unspecified atom stereocenters. The maximum Gasteiger partial charge on any atom is 0.306 e. The van der Waals surface area contributed by atoms with Crippen molar-refractivity contribution in [3.63, 3.8) is 0 Å². The van der Waals surface area contributed by atoms with Crippen LogP contribution in [0.25, 0.3) is 10.2 Å². The number of carbonyl (C=O) groups is 2. The van der Waals surface area contributed by atoms with Crippen LogP contribution in [0, 0.1) is 0 Å². The van der Waals surface area contributed by atoms with Crippen LogP contribution in [0.5, 0.6) is 0 Å². The van der Waals surface area contributed by atoms with E-state index in [4.69, 9.17) is 9.72 Å². The maximum atomic E-state index is 12.6. The van der Waals surface area contributed by atoms with Crippen molar-refractivity contribution in [2.75, 3.05) is 19.7 Å². The number of ether oxygens (including phenoxy) is 1. The van der Waals surface area contributed by atoms with Gasteiger partial charge in [0.25, 0.3) is 5.91 Å². The minimum Gasteiger partial charge on any atom is -0.456 e. The minimum atomic E-state index is -0.332. The normalized spacial score (nSPS) is 16.7. The number of fused-ring (bicyclic) bond motifs is 1. The van der Waals surface area contributed by atoms with Gasteiger partial charge in [-0.3, -0.25) is 9.59 Å². The van der Waals surface area contributed by atoms with Gasteiger partial charge in [-0.25, -0.2) is 4.98 Å². The molecule has 0 spiro atoms. The molecule has 5 nitrogen and oxygen atoms in total. The number of amides is 1. The molecular formula is C23H24N2O3S. The Balaban J connectivity index is 1.27. The Kier molecular flexibility index (Phi) is 6.20.